The number of furan rings is 1. The highest BCUT2D eigenvalue weighted by Gasteiger charge is 2.11. The predicted molar refractivity (Wildman–Crippen MR) is 80.2 cm³/mol. The molecule has 0 aliphatic carbocycles. The molecule has 0 saturated carbocycles. The molecule has 0 fully saturated rings. The minimum atomic E-state index is 0.741. The van der Waals surface area contributed by atoms with E-state index in [1.54, 1.807) is 0 Å². The van der Waals surface area contributed by atoms with Gasteiger partial charge in [0.2, 0.25) is 0 Å². The van der Waals surface area contributed by atoms with Crippen LogP contribution in [-0.2, 0) is 0 Å². The van der Waals surface area contributed by atoms with E-state index in [2.05, 4.69) is 12.1 Å². The fourth-order valence-electron chi connectivity index (χ4n) is 2.42. The molecule has 0 N–H and O–H groups in total. The van der Waals surface area contributed by atoms with E-state index in [0.29, 0.717) is 0 Å². The van der Waals surface area contributed by atoms with Gasteiger partial charge in [0.1, 0.15) is 11.3 Å². The molecular formula is C18H12O2. The lowest BCUT2D eigenvalue weighted by Crippen LogP contribution is -1.83. The van der Waals surface area contributed by atoms with Gasteiger partial charge in [-0.05, 0) is 24.3 Å². The lowest BCUT2D eigenvalue weighted by molar-refractivity contribution is 0.476. The summed E-state index contributed by atoms with van der Waals surface area (Å²) in [6.45, 7) is 0. The molecule has 4 aromatic rings. The summed E-state index contributed by atoms with van der Waals surface area (Å²) < 4.78 is 11.9. The fourth-order valence-corrected chi connectivity index (χ4v) is 2.42. The van der Waals surface area contributed by atoms with E-state index in [1.165, 1.54) is 0 Å². The minimum Gasteiger partial charge on any atom is -0.453 e. The standard InChI is InChI=1S/C18H12O2/c1-2-7-13(8-3-1)19-17-12-6-10-15-14-9-4-5-11-16(14)20-18(15)17/h1-12H. The van der Waals surface area contributed by atoms with Gasteiger partial charge < -0.3 is 9.15 Å². The highest BCUT2D eigenvalue weighted by Crippen LogP contribution is 2.36. The molecule has 1 aromatic heterocycles. The molecule has 2 heteroatoms. The summed E-state index contributed by atoms with van der Waals surface area (Å²) in [5.74, 6) is 1.55. The summed E-state index contributed by atoms with van der Waals surface area (Å²) in [7, 11) is 0. The fraction of sp³-hybridized carbons (Fsp3) is 0. The number of para-hydroxylation sites is 3. The molecule has 1 heterocycles. The third kappa shape index (κ3) is 1.74. The molecule has 4 rings (SSSR count). The molecule has 0 aliphatic rings. The van der Waals surface area contributed by atoms with Crippen LogP contribution in [0.4, 0.5) is 0 Å². The summed E-state index contributed by atoms with van der Waals surface area (Å²) in [6.07, 6.45) is 0. The van der Waals surface area contributed by atoms with E-state index in [0.717, 1.165) is 33.4 Å². The molecule has 3 aromatic carbocycles. The first-order valence-electron chi connectivity index (χ1n) is 6.55. The highest BCUT2D eigenvalue weighted by atomic mass is 16.5. The van der Waals surface area contributed by atoms with Gasteiger partial charge in [-0.2, -0.15) is 0 Å². The van der Waals surface area contributed by atoms with Crippen LogP contribution >= 0.6 is 0 Å². The molecule has 0 aliphatic heterocycles. The maximum atomic E-state index is 5.93. The van der Waals surface area contributed by atoms with E-state index in [9.17, 15) is 0 Å². The van der Waals surface area contributed by atoms with Gasteiger partial charge in [0.25, 0.3) is 0 Å². The van der Waals surface area contributed by atoms with Crippen LogP contribution in [0.5, 0.6) is 11.5 Å². The Balaban J connectivity index is 1.91. The van der Waals surface area contributed by atoms with Crippen LogP contribution in [0.1, 0.15) is 0 Å². The van der Waals surface area contributed by atoms with E-state index in [-0.39, 0.29) is 0 Å². The average molecular weight is 260 g/mol. The molecular weight excluding hydrogens is 248 g/mol. The van der Waals surface area contributed by atoms with E-state index >= 15 is 0 Å². The second-order valence-corrected chi connectivity index (χ2v) is 4.65. The Kier molecular flexibility index (Phi) is 2.46. The van der Waals surface area contributed by atoms with Gasteiger partial charge in [-0.15, -0.1) is 0 Å². The first kappa shape index (κ1) is 11.1. The number of ether oxygens (including phenoxy) is 1. The second kappa shape index (κ2) is 4.42. The van der Waals surface area contributed by atoms with Crippen molar-refractivity contribution in [3.8, 4) is 11.5 Å². The summed E-state index contributed by atoms with van der Waals surface area (Å²) in [5.41, 5.74) is 1.67. The van der Waals surface area contributed by atoms with Gasteiger partial charge in [-0.3, -0.25) is 0 Å². The van der Waals surface area contributed by atoms with Crippen LogP contribution in [0.3, 0.4) is 0 Å². The first-order valence-corrected chi connectivity index (χ1v) is 6.55. The lowest BCUT2D eigenvalue weighted by Gasteiger charge is -2.05. The Morgan fingerprint density at radius 2 is 1.40 bits per heavy atom. The van der Waals surface area contributed by atoms with Crippen LogP contribution in [0, 0.1) is 0 Å². The van der Waals surface area contributed by atoms with E-state index in [1.807, 2.05) is 60.7 Å². The van der Waals surface area contributed by atoms with Crippen molar-refractivity contribution in [1.82, 2.24) is 0 Å². The van der Waals surface area contributed by atoms with Gasteiger partial charge in [0.15, 0.2) is 11.3 Å². The van der Waals surface area contributed by atoms with Gasteiger partial charge in [0.05, 0.1) is 0 Å². The Labute approximate surface area is 116 Å². The molecule has 96 valence electrons. The van der Waals surface area contributed by atoms with Crippen LogP contribution in [-0.4, -0.2) is 0 Å². The lowest BCUT2D eigenvalue weighted by atomic mass is 10.1. The van der Waals surface area contributed by atoms with Crippen LogP contribution in [0.2, 0.25) is 0 Å². The zero-order valence-corrected chi connectivity index (χ0v) is 10.7. The average Bonchev–Trinajstić information content (AvgIpc) is 2.88. The van der Waals surface area contributed by atoms with Gasteiger partial charge >= 0.3 is 0 Å². The molecule has 0 atom stereocenters. The second-order valence-electron chi connectivity index (χ2n) is 4.65. The number of rotatable bonds is 2. The van der Waals surface area contributed by atoms with Gasteiger partial charge in [-0.1, -0.05) is 48.5 Å². The Morgan fingerprint density at radius 1 is 0.650 bits per heavy atom. The van der Waals surface area contributed by atoms with Crippen molar-refractivity contribution in [2.75, 3.05) is 0 Å². The van der Waals surface area contributed by atoms with Crippen molar-refractivity contribution in [2.24, 2.45) is 0 Å². The largest absolute Gasteiger partial charge is 0.453 e. The topological polar surface area (TPSA) is 22.4 Å². The Bertz CT molecular complexity index is 876. The zero-order chi connectivity index (χ0) is 13.4. The first-order chi connectivity index (χ1) is 9.92. The number of hydrogen-bond acceptors (Lipinski definition) is 2. The van der Waals surface area contributed by atoms with Crippen LogP contribution in [0.15, 0.2) is 77.2 Å². The zero-order valence-electron chi connectivity index (χ0n) is 10.7. The molecule has 0 radical (unpaired) electrons. The SMILES string of the molecule is c1ccc(Oc2cccc3c2oc2ccccc23)cc1. The maximum Gasteiger partial charge on any atom is 0.177 e. The Morgan fingerprint density at radius 3 is 2.30 bits per heavy atom. The summed E-state index contributed by atoms with van der Waals surface area (Å²) in [6, 6.07) is 23.7. The van der Waals surface area contributed by atoms with Gasteiger partial charge in [-0.25, -0.2) is 0 Å². The van der Waals surface area contributed by atoms with Crippen molar-refractivity contribution in [3.05, 3.63) is 72.8 Å². The molecule has 0 spiro atoms. The van der Waals surface area contributed by atoms with Crippen LogP contribution in [0.25, 0.3) is 21.9 Å². The normalized spacial score (nSPS) is 11.0. The van der Waals surface area contributed by atoms with Crippen molar-refractivity contribution in [2.45, 2.75) is 0 Å². The number of fused-ring (bicyclic) bond motifs is 3. The molecule has 0 unspecified atom stereocenters. The molecule has 2 nitrogen and oxygen atoms in total. The third-order valence-corrected chi connectivity index (χ3v) is 3.34. The monoisotopic (exact) mass is 260 g/mol. The smallest absolute Gasteiger partial charge is 0.177 e. The maximum absolute atomic E-state index is 5.93. The minimum absolute atomic E-state index is 0.741. The third-order valence-electron chi connectivity index (χ3n) is 3.34. The molecule has 0 amide bonds. The number of benzene rings is 3. The predicted octanol–water partition coefficient (Wildman–Crippen LogP) is 5.38. The van der Waals surface area contributed by atoms with Gasteiger partial charge in [0, 0.05) is 10.8 Å². The Hall–Kier alpha value is -2.74. The molecule has 20 heavy (non-hydrogen) atoms. The van der Waals surface area contributed by atoms with Crippen LogP contribution < -0.4 is 4.74 Å². The van der Waals surface area contributed by atoms with E-state index in [4.69, 9.17) is 9.15 Å². The van der Waals surface area contributed by atoms with Crippen molar-refractivity contribution in [3.63, 3.8) is 0 Å². The summed E-state index contributed by atoms with van der Waals surface area (Å²) >= 11 is 0. The van der Waals surface area contributed by atoms with E-state index < -0.39 is 0 Å². The molecule has 0 bridgehead atoms. The van der Waals surface area contributed by atoms with Crippen molar-refractivity contribution < 1.29 is 9.15 Å². The quantitative estimate of drug-likeness (QED) is 0.483. The van der Waals surface area contributed by atoms with Crippen molar-refractivity contribution >= 4 is 21.9 Å². The highest BCUT2D eigenvalue weighted by molar-refractivity contribution is 6.06. The molecule has 0 saturated heterocycles. The summed E-state index contributed by atoms with van der Waals surface area (Å²) in [4.78, 5) is 0. The number of hydrogen-bond donors (Lipinski definition) is 0. The van der Waals surface area contributed by atoms with Crippen molar-refractivity contribution in [1.29, 1.82) is 0 Å². The summed E-state index contributed by atoms with van der Waals surface area (Å²) in [5, 5.41) is 2.19.